The Kier molecular flexibility index (Phi) is 11.4. The summed E-state index contributed by atoms with van der Waals surface area (Å²) in [6, 6.07) is 1.55. The highest BCUT2D eigenvalue weighted by Crippen LogP contribution is 2.45. The molecule has 1 aromatic carbocycles. The maximum atomic E-state index is 13.6. The summed E-state index contributed by atoms with van der Waals surface area (Å²) in [6.07, 6.45) is 3.07. The van der Waals surface area contributed by atoms with Gasteiger partial charge in [-0.25, -0.2) is 19.4 Å². The van der Waals surface area contributed by atoms with Crippen LogP contribution in [0.2, 0.25) is 0 Å². The number of likely N-dealkylation sites (tertiary alicyclic amines) is 1. The third-order valence-corrected chi connectivity index (χ3v) is 12.3. The highest BCUT2D eigenvalue weighted by Gasteiger charge is 2.53. The van der Waals surface area contributed by atoms with Crippen LogP contribution in [0.4, 0.5) is 5.13 Å². The molecule has 2 fully saturated rings. The van der Waals surface area contributed by atoms with Crippen LogP contribution >= 0.6 is 23.1 Å². The fourth-order valence-electron chi connectivity index (χ4n) is 7.22. The number of carbonyl (C=O) groups excluding carboxylic acids is 3. The standard InChI is InChI=1S/C36H40N8O11S2/c1-4-42-13-20(28(47)19-7-8-23(46)29(48)27(19)42)30(49)38-9-12-44(10-5-6-11-44)14-18-16-56-32-25(22(15-45)43(32)26(18)33(51)52)40-31(50)24(21-17-57-35(37)39-21)41-55-36(2,3)34(53)54/h7-8,13,17,25,32H,4-6,9-12,14,16H2,1-3H3,(H7-,37,38,39,40,41,46,47,48,49,50,51,52,53,54)/p+1/t25-,32?/m1/s1. The van der Waals surface area contributed by atoms with E-state index in [0.717, 1.165) is 24.2 Å². The van der Waals surface area contributed by atoms with E-state index in [4.69, 9.17) is 10.6 Å². The molecule has 3 aliphatic heterocycles. The van der Waals surface area contributed by atoms with Gasteiger partial charge in [-0.15, -0.1) is 23.1 Å². The van der Waals surface area contributed by atoms with Crippen molar-refractivity contribution in [2.45, 2.75) is 57.2 Å². The molecule has 302 valence electrons. The second-order valence-electron chi connectivity index (χ2n) is 14.3. The predicted octanol–water partition coefficient (Wildman–Crippen LogP) is 1.02. The molecule has 0 bridgehead atoms. The number of hydrogen-bond acceptors (Lipinski definition) is 15. The number of thioether (sulfide) groups is 1. The van der Waals surface area contributed by atoms with Crippen molar-refractivity contribution in [1.82, 2.24) is 25.1 Å². The van der Waals surface area contributed by atoms with E-state index in [1.165, 1.54) is 58.8 Å². The van der Waals surface area contributed by atoms with Gasteiger partial charge in [0, 0.05) is 42.3 Å². The number of amides is 2. The highest BCUT2D eigenvalue weighted by molar-refractivity contribution is 8.00. The van der Waals surface area contributed by atoms with E-state index >= 15 is 0 Å². The van der Waals surface area contributed by atoms with Gasteiger partial charge in [0.15, 0.2) is 22.3 Å². The number of benzene rings is 1. The van der Waals surface area contributed by atoms with E-state index in [2.05, 4.69) is 20.8 Å². The minimum atomic E-state index is -1.81. The average Bonchev–Trinajstić information content (AvgIpc) is 3.81. The molecule has 2 atom stereocenters. The van der Waals surface area contributed by atoms with E-state index < -0.39 is 63.4 Å². The van der Waals surface area contributed by atoms with Crippen molar-refractivity contribution in [3.05, 3.63) is 62.2 Å². The Morgan fingerprint density at radius 3 is 2.51 bits per heavy atom. The molecule has 0 saturated carbocycles. The summed E-state index contributed by atoms with van der Waals surface area (Å²) in [5.41, 5.74) is 3.26. The van der Waals surface area contributed by atoms with Gasteiger partial charge in [-0.2, -0.15) is 0 Å². The lowest BCUT2D eigenvalue weighted by molar-refractivity contribution is -0.911. The number of pyridine rings is 1. The lowest BCUT2D eigenvalue weighted by atomic mass is 9.98. The number of nitrogen functional groups attached to an aromatic ring is 1. The number of carbonyl (C=O) groups is 4. The first kappa shape index (κ1) is 40.8. The molecule has 6 rings (SSSR count). The SMILES string of the molecule is CCn1cc(C(=O)NCC[N+]2(CC3=C(C(=O)O)N4C(=C=O)[C@@H](NC(=O)/C(=N\OC(C)(C)C(=O)O)c5csc(N)n5)C4SC3)CCCC2)c(=O)c2ccc(O)c(O)c21. The first-order chi connectivity index (χ1) is 27.0. The van der Waals surface area contributed by atoms with Crippen LogP contribution in [-0.4, -0.2) is 130 Å². The molecule has 2 amide bonds. The molecule has 19 nitrogen and oxygen atoms in total. The Labute approximate surface area is 332 Å². The summed E-state index contributed by atoms with van der Waals surface area (Å²) in [5, 5.41) is 50.5. The number of phenolic OH excluding ortho intramolecular Hbond substituents is 2. The maximum absolute atomic E-state index is 13.6. The van der Waals surface area contributed by atoms with Crippen LogP contribution in [0, 0.1) is 0 Å². The van der Waals surface area contributed by atoms with Crippen LogP contribution in [0.25, 0.3) is 10.9 Å². The zero-order valence-electron chi connectivity index (χ0n) is 31.1. The number of rotatable bonds is 14. The van der Waals surface area contributed by atoms with Gasteiger partial charge in [-0.1, -0.05) is 5.16 Å². The van der Waals surface area contributed by atoms with Crippen LogP contribution < -0.4 is 21.8 Å². The van der Waals surface area contributed by atoms with Gasteiger partial charge in [0.1, 0.15) is 46.6 Å². The number of anilines is 1. The van der Waals surface area contributed by atoms with Crippen molar-refractivity contribution in [3.8, 4) is 11.5 Å². The molecule has 8 N–H and O–H groups in total. The lowest BCUT2D eigenvalue weighted by Crippen LogP contribution is -2.66. The zero-order valence-corrected chi connectivity index (χ0v) is 32.7. The monoisotopic (exact) mass is 825 g/mol. The molecule has 2 aromatic heterocycles. The lowest BCUT2D eigenvalue weighted by Gasteiger charge is -2.52. The summed E-state index contributed by atoms with van der Waals surface area (Å²) >= 11 is 2.33. The number of aromatic nitrogens is 2. The fraction of sp³-hybridized carbons (Fsp3) is 0.417. The molecule has 1 unspecified atom stereocenters. The number of carboxylic acids is 2. The minimum Gasteiger partial charge on any atom is -0.504 e. The van der Waals surface area contributed by atoms with Crippen LogP contribution in [0.3, 0.4) is 0 Å². The number of aliphatic carboxylic acids is 2. The third kappa shape index (κ3) is 7.78. The Bertz CT molecular complexity index is 2340. The number of hydrogen-bond donors (Lipinski definition) is 7. The molecular formula is C36H41N8O11S2+. The average molecular weight is 826 g/mol. The minimum absolute atomic E-state index is 0.00119. The van der Waals surface area contributed by atoms with E-state index in [0.29, 0.717) is 42.8 Å². The molecule has 3 aromatic rings. The molecule has 3 aliphatic rings. The normalized spacial score (nSPS) is 19.1. The van der Waals surface area contributed by atoms with E-state index in [1.54, 1.807) is 12.9 Å². The summed E-state index contributed by atoms with van der Waals surface area (Å²) in [6.45, 7) is 6.81. The molecular weight excluding hydrogens is 785 g/mol. The number of quaternary nitrogens is 1. The first-order valence-electron chi connectivity index (χ1n) is 17.9. The molecule has 2 saturated heterocycles. The van der Waals surface area contributed by atoms with E-state index in [-0.39, 0.29) is 51.0 Å². The quantitative estimate of drug-likeness (QED) is 0.0393. The smallest absolute Gasteiger partial charge is 0.352 e. The molecule has 0 radical (unpaired) electrons. The van der Waals surface area contributed by atoms with Crippen molar-refractivity contribution in [1.29, 1.82) is 0 Å². The molecule has 57 heavy (non-hydrogen) atoms. The number of phenols is 2. The van der Waals surface area contributed by atoms with Gasteiger partial charge in [0.25, 0.3) is 11.8 Å². The predicted molar refractivity (Wildman–Crippen MR) is 208 cm³/mol. The number of nitrogens with two attached hydrogens (primary N) is 1. The molecule has 0 aliphatic carbocycles. The number of nitrogens with one attached hydrogen (secondary N) is 2. The van der Waals surface area contributed by atoms with Crippen LogP contribution in [-0.2, 0) is 30.6 Å². The summed E-state index contributed by atoms with van der Waals surface area (Å²) in [4.78, 5) is 87.7. The van der Waals surface area contributed by atoms with Gasteiger partial charge in [-0.3, -0.25) is 14.4 Å². The van der Waals surface area contributed by atoms with Gasteiger partial charge >= 0.3 is 11.9 Å². The Morgan fingerprint density at radius 1 is 1.18 bits per heavy atom. The van der Waals surface area contributed by atoms with Crippen LogP contribution in [0.5, 0.6) is 11.5 Å². The van der Waals surface area contributed by atoms with Crippen molar-refractivity contribution < 1.29 is 53.7 Å². The first-order valence-corrected chi connectivity index (χ1v) is 19.8. The van der Waals surface area contributed by atoms with Crippen molar-refractivity contribution >= 4 is 74.5 Å². The second-order valence-corrected chi connectivity index (χ2v) is 16.3. The summed E-state index contributed by atoms with van der Waals surface area (Å²) < 4.78 is 1.96. The Balaban J connectivity index is 1.19. The van der Waals surface area contributed by atoms with E-state index in [9.17, 15) is 49.2 Å². The van der Waals surface area contributed by atoms with Crippen LogP contribution in [0.1, 0.15) is 49.7 Å². The van der Waals surface area contributed by atoms with Crippen molar-refractivity contribution in [3.63, 3.8) is 0 Å². The number of aromatic hydroxyl groups is 2. The molecule has 0 spiro atoms. The largest absolute Gasteiger partial charge is 0.504 e. The maximum Gasteiger partial charge on any atom is 0.352 e. The van der Waals surface area contributed by atoms with Gasteiger partial charge in [-0.05, 0) is 32.9 Å². The fourth-order valence-corrected chi connectivity index (χ4v) is 9.13. The Hall–Kier alpha value is -5.89. The van der Waals surface area contributed by atoms with Gasteiger partial charge < -0.3 is 55.6 Å². The van der Waals surface area contributed by atoms with Crippen LogP contribution in [0.15, 0.2) is 50.6 Å². The number of oxime groups is 1. The Morgan fingerprint density at radius 2 is 1.89 bits per heavy atom. The van der Waals surface area contributed by atoms with Crippen molar-refractivity contribution in [2.75, 3.05) is 44.2 Å². The van der Waals surface area contributed by atoms with Crippen molar-refractivity contribution in [2.24, 2.45) is 5.16 Å². The molecule has 5 heterocycles. The molecule has 21 heteroatoms. The third-order valence-electron chi connectivity index (χ3n) is 10.2. The summed E-state index contributed by atoms with van der Waals surface area (Å²) in [7, 11) is 0. The van der Waals surface area contributed by atoms with E-state index in [1.807, 2.05) is 0 Å². The topological polar surface area (TPSA) is 276 Å². The van der Waals surface area contributed by atoms with Gasteiger partial charge in [0.05, 0.1) is 37.1 Å². The number of fused-ring (bicyclic) bond motifs is 2. The highest BCUT2D eigenvalue weighted by atomic mass is 32.2. The second kappa shape index (κ2) is 15.9. The number of thiazole rings is 1. The van der Waals surface area contributed by atoms with Gasteiger partial charge in [0.2, 0.25) is 11.0 Å². The zero-order chi connectivity index (χ0) is 41.4. The number of nitrogens with zero attached hydrogens (tertiary/aromatic N) is 5. The summed E-state index contributed by atoms with van der Waals surface area (Å²) in [5.74, 6) is -2.91. The number of carboxylic acid groups (broad SMARTS) is 2. The number of aryl methyl sites for hydroxylation is 1.